The third kappa shape index (κ3) is 7.82. The van der Waals surface area contributed by atoms with Gasteiger partial charge in [0.05, 0.1) is 11.9 Å². The number of aryl methyl sites for hydroxylation is 1. The summed E-state index contributed by atoms with van der Waals surface area (Å²) in [5.74, 6) is -0.304. The average molecular weight is 500 g/mol. The molecule has 0 heterocycles. The first-order valence-electron chi connectivity index (χ1n) is 12.3. The van der Waals surface area contributed by atoms with Crippen molar-refractivity contribution in [2.24, 2.45) is 0 Å². The van der Waals surface area contributed by atoms with Gasteiger partial charge in [-0.2, -0.15) is 0 Å². The minimum Gasteiger partial charge on any atom is -0.352 e. The van der Waals surface area contributed by atoms with Crippen molar-refractivity contribution in [1.29, 1.82) is 0 Å². The number of amides is 2. The first-order valence-corrected chi connectivity index (χ1v) is 14.2. The summed E-state index contributed by atoms with van der Waals surface area (Å²) in [6.07, 6.45) is 5.85. The summed E-state index contributed by atoms with van der Waals surface area (Å²) in [5, 5.41) is 3.11. The summed E-state index contributed by atoms with van der Waals surface area (Å²) in [5.41, 5.74) is 2.62. The smallest absolute Gasteiger partial charge is 0.242 e. The molecule has 0 aromatic heterocycles. The Hall–Kier alpha value is -2.87. The van der Waals surface area contributed by atoms with E-state index in [9.17, 15) is 18.0 Å². The van der Waals surface area contributed by atoms with E-state index < -0.39 is 16.1 Å². The van der Waals surface area contributed by atoms with Gasteiger partial charge in [0, 0.05) is 25.6 Å². The van der Waals surface area contributed by atoms with E-state index in [1.807, 2.05) is 37.3 Å². The molecule has 2 aromatic carbocycles. The highest BCUT2D eigenvalue weighted by Gasteiger charge is 2.28. The van der Waals surface area contributed by atoms with Gasteiger partial charge in [-0.15, -0.1) is 0 Å². The van der Waals surface area contributed by atoms with Gasteiger partial charge in [0.2, 0.25) is 21.8 Å². The number of nitrogens with zero attached hydrogens (tertiary/aromatic N) is 2. The minimum absolute atomic E-state index is 0.139. The number of anilines is 1. The molecule has 1 saturated carbocycles. The van der Waals surface area contributed by atoms with E-state index in [0.717, 1.165) is 36.8 Å². The number of carbonyl (C=O) groups is 2. The van der Waals surface area contributed by atoms with Gasteiger partial charge in [-0.3, -0.25) is 13.9 Å². The molecule has 2 amide bonds. The van der Waals surface area contributed by atoms with Crippen molar-refractivity contribution in [2.45, 2.75) is 71.0 Å². The fourth-order valence-corrected chi connectivity index (χ4v) is 5.55. The van der Waals surface area contributed by atoms with Gasteiger partial charge in [0.25, 0.3) is 0 Å². The largest absolute Gasteiger partial charge is 0.352 e. The Kier molecular flexibility index (Phi) is 9.32. The first-order chi connectivity index (χ1) is 16.6. The molecule has 0 aliphatic heterocycles. The summed E-state index contributed by atoms with van der Waals surface area (Å²) >= 11 is 0. The Labute approximate surface area is 209 Å². The summed E-state index contributed by atoms with van der Waals surface area (Å²) in [6.45, 7) is 4.28. The lowest BCUT2D eigenvalue weighted by molar-refractivity contribution is -0.141. The SMILES string of the molecule is Cc1cccc(CN(C(=O)CCCN(c2ccccc2)S(C)(=O)=O)[C@H](C)C(=O)NC2CCCC2)c1. The number of hydrogen-bond acceptors (Lipinski definition) is 4. The van der Waals surface area contributed by atoms with Crippen molar-refractivity contribution in [3.63, 3.8) is 0 Å². The molecule has 7 nitrogen and oxygen atoms in total. The molecule has 0 unspecified atom stereocenters. The lowest BCUT2D eigenvalue weighted by Crippen LogP contribution is -2.49. The molecule has 35 heavy (non-hydrogen) atoms. The molecule has 0 saturated heterocycles. The molecule has 0 bridgehead atoms. The van der Waals surface area contributed by atoms with E-state index in [2.05, 4.69) is 5.32 Å². The highest BCUT2D eigenvalue weighted by molar-refractivity contribution is 7.92. The Morgan fingerprint density at radius 2 is 1.74 bits per heavy atom. The van der Waals surface area contributed by atoms with Gasteiger partial charge in [-0.05, 0) is 50.8 Å². The maximum Gasteiger partial charge on any atom is 0.242 e. The van der Waals surface area contributed by atoms with Gasteiger partial charge in [0.1, 0.15) is 6.04 Å². The fourth-order valence-electron chi connectivity index (χ4n) is 4.58. The Bertz CT molecular complexity index is 1100. The maximum absolute atomic E-state index is 13.4. The molecule has 190 valence electrons. The van der Waals surface area contributed by atoms with Crippen LogP contribution in [0.15, 0.2) is 54.6 Å². The summed E-state index contributed by atoms with van der Waals surface area (Å²) in [6, 6.07) is 16.3. The first kappa shape index (κ1) is 26.7. The van der Waals surface area contributed by atoms with E-state index in [-0.39, 0.29) is 30.8 Å². The molecule has 1 atom stereocenters. The Morgan fingerprint density at radius 3 is 2.37 bits per heavy atom. The van der Waals surface area contributed by atoms with Crippen molar-refractivity contribution in [3.05, 3.63) is 65.7 Å². The summed E-state index contributed by atoms with van der Waals surface area (Å²) in [7, 11) is -3.49. The Morgan fingerprint density at radius 1 is 1.06 bits per heavy atom. The number of benzene rings is 2. The fraction of sp³-hybridized carbons (Fsp3) is 0.481. The van der Waals surface area contributed by atoms with Crippen LogP contribution in [0.2, 0.25) is 0 Å². The quantitative estimate of drug-likeness (QED) is 0.506. The number of para-hydroxylation sites is 1. The predicted molar refractivity (Wildman–Crippen MR) is 139 cm³/mol. The van der Waals surface area contributed by atoms with E-state index in [4.69, 9.17) is 0 Å². The maximum atomic E-state index is 13.4. The molecule has 1 N–H and O–H groups in total. The summed E-state index contributed by atoms with van der Waals surface area (Å²) in [4.78, 5) is 28.0. The standard InChI is InChI=1S/C27H37N3O4S/c1-21-11-9-12-23(19-21)20-29(22(2)27(32)28-24-13-7-8-14-24)26(31)17-10-18-30(35(3,33)34)25-15-5-4-6-16-25/h4-6,9,11-12,15-16,19,22,24H,7-8,10,13-14,17-18,20H2,1-3H3,(H,28,32)/t22-/m1/s1. The van der Waals surface area contributed by atoms with E-state index in [0.29, 0.717) is 18.7 Å². The van der Waals surface area contributed by atoms with Crippen LogP contribution in [-0.4, -0.2) is 50.0 Å². The van der Waals surface area contributed by atoms with E-state index in [1.165, 1.54) is 10.6 Å². The third-order valence-corrected chi connectivity index (χ3v) is 7.69. The molecule has 1 aliphatic rings. The molecular formula is C27H37N3O4S. The van der Waals surface area contributed by atoms with Crippen LogP contribution in [0.25, 0.3) is 0 Å². The zero-order valence-corrected chi connectivity index (χ0v) is 21.8. The molecule has 1 aliphatic carbocycles. The number of carbonyl (C=O) groups excluding carboxylic acids is 2. The second-order valence-corrected chi connectivity index (χ2v) is 11.4. The van der Waals surface area contributed by atoms with E-state index in [1.54, 1.807) is 36.1 Å². The normalized spacial score (nSPS) is 14.9. The molecule has 1 fully saturated rings. The number of hydrogen-bond donors (Lipinski definition) is 1. The van der Waals surface area contributed by atoms with Crippen LogP contribution in [0, 0.1) is 6.92 Å². The number of nitrogens with one attached hydrogen (secondary N) is 1. The van der Waals surface area contributed by atoms with Gasteiger partial charge in [0.15, 0.2) is 0 Å². The molecular weight excluding hydrogens is 462 g/mol. The third-order valence-electron chi connectivity index (χ3n) is 6.50. The van der Waals surface area contributed by atoms with Gasteiger partial charge < -0.3 is 10.2 Å². The average Bonchev–Trinajstić information content (AvgIpc) is 3.32. The topological polar surface area (TPSA) is 86.8 Å². The van der Waals surface area contributed by atoms with Crippen LogP contribution in [0.4, 0.5) is 5.69 Å². The van der Waals surface area contributed by atoms with Crippen LogP contribution in [0.5, 0.6) is 0 Å². The lowest BCUT2D eigenvalue weighted by atomic mass is 10.1. The van der Waals surface area contributed by atoms with Crippen molar-refractivity contribution in [2.75, 3.05) is 17.1 Å². The Balaban J connectivity index is 1.70. The molecule has 8 heteroatoms. The second kappa shape index (κ2) is 12.2. The predicted octanol–water partition coefficient (Wildman–Crippen LogP) is 4.02. The van der Waals surface area contributed by atoms with Crippen molar-refractivity contribution in [1.82, 2.24) is 10.2 Å². The highest BCUT2D eigenvalue weighted by Crippen LogP contribution is 2.20. The van der Waals surface area contributed by atoms with Crippen LogP contribution >= 0.6 is 0 Å². The molecule has 0 radical (unpaired) electrons. The zero-order chi connectivity index (χ0) is 25.4. The zero-order valence-electron chi connectivity index (χ0n) is 20.9. The van der Waals surface area contributed by atoms with Crippen LogP contribution < -0.4 is 9.62 Å². The highest BCUT2D eigenvalue weighted by atomic mass is 32.2. The number of sulfonamides is 1. The summed E-state index contributed by atoms with van der Waals surface area (Å²) < 4.78 is 26.0. The molecule has 0 spiro atoms. The van der Waals surface area contributed by atoms with Crippen LogP contribution in [0.1, 0.15) is 56.6 Å². The van der Waals surface area contributed by atoms with Gasteiger partial charge >= 0.3 is 0 Å². The second-order valence-electron chi connectivity index (χ2n) is 9.45. The lowest BCUT2D eigenvalue weighted by Gasteiger charge is -2.30. The van der Waals surface area contributed by atoms with Crippen molar-refractivity contribution >= 4 is 27.5 Å². The molecule has 3 rings (SSSR count). The monoisotopic (exact) mass is 499 g/mol. The van der Waals surface area contributed by atoms with Crippen molar-refractivity contribution in [3.8, 4) is 0 Å². The minimum atomic E-state index is -3.49. The van der Waals surface area contributed by atoms with Gasteiger partial charge in [-0.25, -0.2) is 8.42 Å². The number of rotatable bonds is 11. The van der Waals surface area contributed by atoms with Crippen LogP contribution in [-0.2, 0) is 26.2 Å². The van der Waals surface area contributed by atoms with Gasteiger partial charge in [-0.1, -0.05) is 60.9 Å². The van der Waals surface area contributed by atoms with Crippen molar-refractivity contribution < 1.29 is 18.0 Å². The van der Waals surface area contributed by atoms with Crippen LogP contribution in [0.3, 0.4) is 0 Å². The molecule has 2 aromatic rings. The van der Waals surface area contributed by atoms with E-state index >= 15 is 0 Å².